The van der Waals surface area contributed by atoms with Crippen LogP contribution in [-0.2, 0) is 13.1 Å². The molecule has 2 N–H and O–H groups in total. The highest BCUT2D eigenvalue weighted by atomic mass is 32.2. The fourth-order valence-corrected chi connectivity index (χ4v) is 4.06. The third kappa shape index (κ3) is 6.36. The van der Waals surface area contributed by atoms with Gasteiger partial charge in [0.05, 0.1) is 6.54 Å². The Hall–Kier alpha value is -3.77. The van der Waals surface area contributed by atoms with Crippen LogP contribution in [0.1, 0.15) is 11.1 Å². The van der Waals surface area contributed by atoms with Crippen molar-refractivity contribution >= 4 is 29.4 Å². The molecule has 5 nitrogen and oxygen atoms in total. The lowest BCUT2D eigenvalue weighted by Gasteiger charge is -2.23. The molecule has 4 aromatic rings. The van der Waals surface area contributed by atoms with Gasteiger partial charge in [-0.3, -0.25) is 4.98 Å². The number of benzene rings is 3. The van der Waals surface area contributed by atoms with Crippen molar-refractivity contribution in [1.29, 1.82) is 0 Å². The van der Waals surface area contributed by atoms with Gasteiger partial charge in [0, 0.05) is 35.2 Å². The molecule has 160 valence electrons. The molecule has 0 atom stereocenters. The second-order valence-corrected chi connectivity index (χ2v) is 8.23. The third-order valence-corrected chi connectivity index (χ3v) is 5.79. The first kappa shape index (κ1) is 21.5. The molecule has 0 aliphatic carbocycles. The summed E-state index contributed by atoms with van der Waals surface area (Å²) in [5.41, 5.74) is 4.13. The SMILES string of the molecule is O=C(NCc1ccncc1)Nc1ccc(SN(Cc2ccccc2)c2ccccc2)cc1. The van der Waals surface area contributed by atoms with E-state index in [0.717, 1.165) is 28.4 Å². The van der Waals surface area contributed by atoms with Crippen molar-refractivity contribution in [1.82, 2.24) is 10.3 Å². The highest BCUT2D eigenvalue weighted by Gasteiger charge is 2.10. The van der Waals surface area contributed by atoms with E-state index in [1.165, 1.54) is 5.56 Å². The van der Waals surface area contributed by atoms with E-state index in [-0.39, 0.29) is 6.03 Å². The summed E-state index contributed by atoms with van der Waals surface area (Å²) in [7, 11) is 0. The smallest absolute Gasteiger partial charge is 0.319 e. The van der Waals surface area contributed by atoms with Crippen molar-refractivity contribution in [3.05, 3.63) is 121 Å². The van der Waals surface area contributed by atoms with Crippen LogP contribution >= 0.6 is 11.9 Å². The molecule has 0 radical (unpaired) electrons. The number of urea groups is 1. The van der Waals surface area contributed by atoms with E-state index in [9.17, 15) is 4.79 Å². The number of hydrogen-bond donors (Lipinski definition) is 2. The molecular weight excluding hydrogens is 416 g/mol. The van der Waals surface area contributed by atoms with Gasteiger partial charge in [-0.25, -0.2) is 4.79 Å². The van der Waals surface area contributed by atoms with Crippen LogP contribution in [0, 0.1) is 0 Å². The minimum absolute atomic E-state index is 0.239. The number of rotatable bonds is 8. The van der Waals surface area contributed by atoms with Gasteiger partial charge in [0.2, 0.25) is 0 Å². The minimum Gasteiger partial charge on any atom is -0.334 e. The number of anilines is 2. The molecule has 0 saturated carbocycles. The Kier molecular flexibility index (Phi) is 7.39. The number of pyridine rings is 1. The minimum atomic E-state index is -0.239. The average Bonchev–Trinajstić information content (AvgIpc) is 2.85. The van der Waals surface area contributed by atoms with Crippen LogP contribution in [0.25, 0.3) is 0 Å². The molecule has 0 aliphatic rings. The van der Waals surface area contributed by atoms with Crippen molar-refractivity contribution in [3.8, 4) is 0 Å². The van der Waals surface area contributed by atoms with Gasteiger partial charge >= 0.3 is 6.03 Å². The second kappa shape index (κ2) is 11.0. The van der Waals surface area contributed by atoms with Gasteiger partial charge in [-0.2, -0.15) is 0 Å². The van der Waals surface area contributed by atoms with Crippen LogP contribution in [0.15, 0.2) is 114 Å². The number of nitrogens with one attached hydrogen (secondary N) is 2. The van der Waals surface area contributed by atoms with Gasteiger partial charge in [0.25, 0.3) is 0 Å². The number of aromatic nitrogens is 1. The van der Waals surface area contributed by atoms with Crippen molar-refractivity contribution in [2.24, 2.45) is 0 Å². The zero-order valence-electron chi connectivity index (χ0n) is 17.5. The van der Waals surface area contributed by atoms with E-state index in [1.807, 2.05) is 60.7 Å². The zero-order valence-corrected chi connectivity index (χ0v) is 18.3. The largest absolute Gasteiger partial charge is 0.334 e. The molecule has 0 spiro atoms. The second-order valence-electron chi connectivity index (χ2n) is 7.14. The van der Waals surface area contributed by atoms with Gasteiger partial charge in [-0.05, 0) is 71.6 Å². The molecule has 0 unspecified atom stereocenters. The normalized spacial score (nSPS) is 10.4. The molecule has 6 heteroatoms. The number of amides is 2. The van der Waals surface area contributed by atoms with E-state index in [0.29, 0.717) is 6.54 Å². The lowest BCUT2D eigenvalue weighted by molar-refractivity contribution is 0.251. The molecule has 2 amide bonds. The Morgan fingerprint density at radius 2 is 1.44 bits per heavy atom. The summed E-state index contributed by atoms with van der Waals surface area (Å²) in [4.78, 5) is 17.3. The number of hydrogen-bond acceptors (Lipinski definition) is 4. The number of carbonyl (C=O) groups excluding carboxylic acids is 1. The van der Waals surface area contributed by atoms with Gasteiger partial charge in [-0.1, -0.05) is 48.5 Å². The Labute approximate surface area is 192 Å². The number of nitrogens with zero attached hydrogens (tertiary/aromatic N) is 2. The van der Waals surface area contributed by atoms with Gasteiger partial charge in [0.15, 0.2) is 0 Å². The standard InChI is InChI=1S/C26H24N4OS/c31-26(28-19-21-15-17-27-18-16-21)29-23-11-13-25(14-12-23)32-30(24-9-5-2-6-10-24)20-22-7-3-1-4-8-22/h1-18H,19-20H2,(H2,28,29,31). The van der Waals surface area contributed by atoms with E-state index >= 15 is 0 Å². The van der Waals surface area contributed by atoms with Crippen molar-refractivity contribution in [2.45, 2.75) is 18.0 Å². The predicted molar refractivity (Wildman–Crippen MR) is 131 cm³/mol. The maximum atomic E-state index is 12.2. The molecule has 1 heterocycles. The lowest BCUT2D eigenvalue weighted by Crippen LogP contribution is -2.28. The number of para-hydroxylation sites is 1. The summed E-state index contributed by atoms with van der Waals surface area (Å²) in [6, 6.07) is 32.1. The summed E-state index contributed by atoms with van der Waals surface area (Å²) in [6.45, 7) is 1.24. The molecule has 4 rings (SSSR count). The molecule has 1 aromatic heterocycles. The quantitative estimate of drug-likeness (QED) is 0.324. The fraction of sp³-hybridized carbons (Fsp3) is 0.0769. The zero-order chi connectivity index (χ0) is 22.0. The van der Waals surface area contributed by atoms with E-state index in [1.54, 1.807) is 24.3 Å². The van der Waals surface area contributed by atoms with Gasteiger partial charge < -0.3 is 14.9 Å². The molecule has 0 aliphatic heterocycles. The Bertz CT molecular complexity index is 1110. The van der Waals surface area contributed by atoms with Crippen LogP contribution in [0.3, 0.4) is 0 Å². The van der Waals surface area contributed by atoms with Gasteiger partial charge in [-0.15, -0.1) is 0 Å². The van der Waals surface area contributed by atoms with Crippen molar-refractivity contribution < 1.29 is 4.79 Å². The molecule has 0 saturated heterocycles. The average molecular weight is 441 g/mol. The first-order valence-electron chi connectivity index (χ1n) is 10.3. The van der Waals surface area contributed by atoms with Crippen LogP contribution in [0.2, 0.25) is 0 Å². The highest BCUT2D eigenvalue weighted by molar-refractivity contribution is 8.00. The molecule has 0 fully saturated rings. The summed E-state index contributed by atoms with van der Waals surface area (Å²) in [6.07, 6.45) is 3.42. The maximum absolute atomic E-state index is 12.2. The van der Waals surface area contributed by atoms with Crippen LogP contribution < -0.4 is 14.9 Å². The fourth-order valence-electron chi connectivity index (χ4n) is 3.10. The third-order valence-electron chi connectivity index (χ3n) is 4.74. The maximum Gasteiger partial charge on any atom is 0.319 e. The van der Waals surface area contributed by atoms with Crippen LogP contribution in [0.5, 0.6) is 0 Å². The first-order chi connectivity index (χ1) is 15.8. The summed E-state index contributed by atoms with van der Waals surface area (Å²) < 4.78 is 2.26. The van der Waals surface area contributed by atoms with Crippen LogP contribution in [0.4, 0.5) is 16.2 Å². The summed E-state index contributed by atoms with van der Waals surface area (Å²) >= 11 is 1.67. The highest BCUT2D eigenvalue weighted by Crippen LogP contribution is 2.31. The van der Waals surface area contributed by atoms with E-state index in [4.69, 9.17) is 0 Å². The Balaban J connectivity index is 1.37. The topological polar surface area (TPSA) is 57.3 Å². The Morgan fingerprint density at radius 3 is 2.12 bits per heavy atom. The predicted octanol–water partition coefficient (Wildman–Crippen LogP) is 6.12. The molecule has 3 aromatic carbocycles. The van der Waals surface area contributed by atoms with E-state index in [2.05, 4.69) is 56.3 Å². The summed E-state index contributed by atoms with van der Waals surface area (Å²) in [5.74, 6) is 0. The van der Waals surface area contributed by atoms with Gasteiger partial charge in [0.1, 0.15) is 0 Å². The molecule has 32 heavy (non-hydrogen) atoms. The number of carbonyl (C=O) groups is 1. The lowest BCUT2D eigenvalue weighted by atomic mass is 10.2. The van der Waals surface area contributed by atoms with Crippen molar-refractivity contribution in [3.63, 3.8) is 0 Å². The van der Waals surface area contributed by atoms with E-state index < -0.39 is 0 Å². The van der Waals surface area contributed by atoms with Crippen molar-refractivity contribution in [2.75, 3.05) is 9.62 Å². The monoisotopic (exact) mass is 440 g/mol. The Morgan fingerprint density at radius 1 is 0.781 bits per heavy atom. The summed E-state index contributed by atoms with van der Waals surface area (Å²) in [5, 5.41) is 5.73. The van der Waals surface area contributed by atoms with Crippen LogP contribution in [-0.4, -0.2) is 11.0 Å². The first-order valence-corrected chi connectivity index (χ1v) is 11.1. The molecular formula is C26H24N4OS. The molecule has 0 bridgehead atoms.